The molecule has 1 aliphatic heterocycles. The van der Waals surface area contributed by atoms with E-state index >= 15 is 0 Å². The van der Waals surface area contributed by atoms with Crippen LogP contribution in [0.3, 0.4) is 0 Å². The van der Waals surface area contributed by atoms with Gasteiger partial charge in [0.05, 0.1) is 11.3 Å². The predicted octanol–water partition coefficient (Wildman–Crippen LogP) is 5.26. The van der Waals surface area contributed by atoms with Crippen LogP contribution in [-0.2, 0) is 6.18 Å². The van der Waals surface area contributed by atoms with Gasteiger partial charge in [0.2, 0.25) is 0 Å². The van der Waals surface area contributed by atoms with Crippen LogP contribution >= 0.6 is 22.7 Å². The molecule has 166 valence electrons. The molecular formula is C21H18F3N5OS2. The summed E-state index contributed by atoms with van der Waals surface area (Å²) in [5.41, 5.74) is 1.28. The van der Waals surface area contributed by atoms with Crippen molar-refractivity contribution in [2.45, 2.75) is 31.9 Å². The number of thiazole rings is 1. The SMILES string of the molecule is Cc1nc(-c2ccsc2)sc1C(=O)N1CCCC(c2nnc3ccc(C(F)(F)F)cn23)C1. The first-order valence-electron chi connectivity index (χ1n) is 10.0. The molecule has 0 spiro atoms. The third kappa shape index (κ3) is 3.79. The Balaban J connectivity index is 1.41. The maximum atomic E-state index is 13.3. The van der Waals surface area contributed by atoms with Crippen LogP contribution in [-0.4, -0.2) is 43.5 Å². The highest BCUT2D eigenvalue weighted by Crippen LogP contribution is 2.34. The summed E-state index contributed by atoms with van der Waals surface area (Å²) in [6.07, 6.45) is -1.96. The van der Waals surface area contributed by atoms with Gasteiger partial charge in [0.1, 0.15) is 15.7 Å². The number of rotatable bonds is 3. The number of amides is 1. The predicted molar refractivity (Wildman–Crippen MR) is 116 cm³/mol. The molecule has 0 N–H and O–H groups in total. The summed E-state index contributed by atoms with van der Waals surface area (Å²) >= 11 is 2.94. The highest BCUT2D eigenvalue weighted by molar-refractivity contribution is 7.17. The lowest BCUT2D eigenvalue weighted by Crippen LogP contribution is -2.39. The van der Waals surface area contributed by atoms with Crippen molar-refractivity contribution < 1.29 is 18.0 Å². The summed E-state index contributed by atoms with van der Waals surface area (Å²) in [5, 5.41) is 13.0. The first-order valence-corrected chi connectivity index (χ1v) is 11.8. The number of carbonyl (C=O) groups is 1. The van der Waals surface area contributed by atoms with E-state index in [1.807, 2.05) is 23.8 Å². The lowest BCUT2D eigenvalue weighted by atomic mass is 9.97. The smallest absolute Gasteiger partial charge is 0.337 e. The minimum absolute atomic E-state index is 0.101. The van der Waals surface area contributed by atoms with E-state index in [0.29, 0.717) is 35.1 Å². The van der Waals surface area contributed by atoms with Gasteiger partial charge in [-0.05, 0) is 43.3 Å². The largest absolute Gasteiger partial charge is 0.417 e. The Morgan fingerprint density at radius 1 is 1.22 bits per heavy atom. The van der Waals surface area contributed by atoms with Crippen LogP contribution in [0.2, 0.25) is 0 Å². The molecule has 0 radical (unpaired) electrons. The van der Waals surface area contributed by atoms with Crippen LogP contribution in [0.1, 0.15) is 45.5 Å². The normalized spacial score (nSPS) is 17.2. The first-order chi connectivity index (χ1) is 15.3. The van der Waals surface area contributed by atoms with Gasteiger partial charge in [-0.25, -0.2) is 4.98 Å². The number of fused-ring (bicyclic) bond motifs is 1. The number of hydrogen-bond acceptors (Lipinski definition) is 6. The van der Waals surface area contributed by atoms with Gasteiger partial charge in [0.15, 0.2) is 5.65 Å². The van der Waals surface area contributed by atoms with Crippen molar-refractivity contribution in [1.29, 1.82) is 0 Å². The summed E-state index contributed by atoms with van der Waals surface area (Å²) in [4.78, 5) is 20.2. The zero-order valence-electron chi connectivity index (χ0n) is 17.0. The molecule has 1 aliphatic rings. The maximum absolute atomic E-state index is 13.3. The molecule has 4 aromatic heterocycles. The molecule has 0 saturated carbocycles. The van der Waals surface area contributed by atoms with E-state index in [4.69, 9.17) is 0 Å². The van der Waals surface area contributed by atoms with E-state index in [-0.39, 0.29) is 11.8 Å². The topological polar surface area (TPSA) is 63.4 Å². The Morgan fingerprint density at radius 2 is 2.06 bits per heavy atom. The van der Waals surface area contributed by atoms with Crippen molar-refractivity contribution in [2.75, 3.05) is 13.1 Å². The lowest BCUT2D eigenvalue weighted by Gasteiger charge is -2.31. The molecule has 6 nitrogen and oxygen atoms in total. The Morgan fingerprint density at radius 3 is 2.81 bits per heavy atom. The molecular weight excluding hydrogens is 459 g/mol. The quantitative estimate of drug-likeness (QED) is 0.404. The standard InChI is InChI=1S/C21H18F3N5OS2/c1-12-17(32-19(25-12)14-6-8-31-11-14)20(30)28-7-2-3-13(9-28)18-27-26-16-5-4-15(10-29(16)18)21(22,23)24/h4-6,8,10-11,13H,2-3,7,9H2,1H3. The molecule has 1 amide bonds. The molecule has 5 rings (SSSR count). The molecule has 0 aromatic carbocycles. The minimum atomic E-state index is -4.45. The van der Waals surface area contributed by atoms with Gasteiger partial charge in [-0.3, -0.25) is 9.20 Å². The fourth-order valence-electron chi connectivity index (χ4n) is 3.97. The Hall–Kier alpha value is -2.79. The molecule has 0 aliphatic carbocycles. The van der Waals surface area contributed by atoms with Gasteiger partial charge in [0.25, 0.3) is 5.91 Å². The van der Waals surface area contributed by atoms with Crippen LogP contribution < -0.4 is 0 Å². The Bertz CT molecular complexity index is 1280. The van der Waals surface area contributed by atoms with E-state index < -0.39 is 11.7 Å². The van der Waals surface area contributed by atoms with E-state index in [0.717, 1.165) is 35.7 Å². The molecule has 4 aromatic rings. The molecule has 1 atom stereocenters. The number of piperidine rings is 1. The molecule has 11 heteroatoms. The second-order valence-electron chi connectivity index (χ2n) is 7.74. The van der Waals surface area contributed by atoms with Gasteiger partial charge in [0, 0.05) is 36.1 Å². The van der Waals surface area contributed by atoms with Crippen molar-refractivity contribution in [3.05, 3.63) is 57.1 Å². The second kappa shape index (κ2) is 7.96. The Labute approximate surface area is 189 Å². The van der Waals surface area contributed by atoms with Crippen LogP contribution in [0, 0.1) is 6.92 Å². The van der Waals surface area contributed by atoms with E-state index in [1.54, 1.807) is 16.2 Å². The minimum Gasteiger partial charge on any atom is -0.337 e. The highest BCUT2D eigenvalue weighted by atomic mass is 32.1. The number of halogens is 3. The summed E-state index contributed by atoms with van der Waals surface area (Å²) in [5.74, 6) is 0.148. The van der Waals surface area contributed by atoms with Crippen molar-refractivity contribution in [1.82, 2.24) is 24.5 Å². The van der Waals surface area contributed by atoms with Crippen LogP contribution in [0.25, 0.3) is 16.2 Å². The number of hydrogen-bond donors (Lipinski definition) is 0. The number of aryl methyl sites for hydroxylation is 1. The molecule has 0 bridgehead atoms. The molecule has 1 unspecified atom stereocenters. The number of alkyl halides is 3. The number of pyridine rings is 1. The van der Waals surface area contributed by atoms with Gasteiger partial charge in [-0.2, -0.15) is 24.5 Å². The van der Waals surface area contributed by atoms with Crippen LogP contribution in [0.15, 0.2) is 35.2 Å². The number of likely N-dealkylation sites (tertiary alicyclic amines) is 1. The zero-order chi connectivity index (χ0) is 22.5. The maximum Gasteiger partial charge on any atom is 0.417 e. The van der Waals surface area contributed by atoms with E-state index in [9.17, 15) is 18.0 Å². The fourth-order valence-corrected chi connectivity index (χ4v) is 5.72. The van der Waals surface area contributed by atoms with E-state index in [2.05, 4.69) is 15.2 Å². The number of aromatic nitrogens is 4. The highest BCUT2D eigenvalue weighted by Gasteiger charge is 2.33. The summed E-state index contributed by atoms with van der Waals surface area (Å²) in [6, 6.07) is 4.29. The third-order valence-electron chi connectivity index (χ3n) is 5.59. The summed E-state index contributed by atoms with van der Waals surface area (Å²) in [7, 11) is 0. The van der Waals surface area contributed by atoms with E-state index in [1.165, 1.54) is 21.8 Å². The number of nitrogens with zero attached hydrogens (tertiary/aromatic N) is 5. The average Bonchev–Trinajstić information content (AvgIpc) is 3.51. The third-order valence-corrected chi connectivity index (χ3v) is 7.47. The number of carbonyl (C=O) groups excluding carboxylic acids is 1. The zero-order valence-corrected chi connectivity index (χ0v) is 18.6. The van der Waals surface area contributed by atoms with Crippen LogP contribution in [0.5, 0.6) is 0 Å². The summed E-state index contributed by atoms with van der Waals surface area (Å²) in [6.45, 7) is 2.79. The van der Waals surface area contributed by atoms with Gasteiger partial charge >= 0.3 is 6.18 Å². The molecule has 5 heterocycles. The van der Waals surface area contributed by atoms with Gasteiger partial charge in [-0.15, -0.1) is 21.5 Å². The van der Waals surface area contributed by atoms with Gasteiger partial charge in [-0.1, -0.05) is 0 Å². The van der Waals surface area contributed by atoms with Crippen molar-refractivity contribution in [3.63, 3.8) is 0 Å². The number of thiophene rings is 1. The van der Waals surface area contributed by atoms with Crippen molar-refractivity contribution >= 4 is 34.2 Å². The van der Waals surface area contributed by atoms with Crippen LogP contribution in [0.4, 0.5) is 13.2 Å². The second-order valence-corrected chi connectivity index (χ2v) is 9.52. The van der Waals surface area contributed by atoms with Gasteiger partial charge < -0.3 is 4.90 Å². The van der Waals surface area contributed by atoms with Crippen molar-refractivity contribution in [3.8, 4) is 10.6 Å². The lowest BCUT2D eigenvalue weighted by molar-refractivity contribution is -0.137. The first kappa shape index (κ1) is 21.1. The Kier molecular flexibility index (Phi) is 5.25. The average molecular weight is 478 g/mol. The molecule has 1 saturated heterocycles. The molecule has 32 heavy (non-hydrogen) atoms. The van der Waals surface area contributed by atoms with Crippen molar-refractivity contribution in [2.24, 2.45) is 0 Å². The fraction of sp³-hybridized carbons (Fsp3) is 0.333. The monoisotopic (exact) mass is 477 g/mol. The summed E-state index contributed by atoms with van der Waals surface area (Å²) < 4.78 is 40.9. The molecule has 1 fully saturated rings.